The lowest BCUT2D eigenvalue weighted by atomic mass is 10.1. The van der Waals surface area contributed by atoms with E-state index in [1.807, 2.05) is 34.6 Å². The lowest BCUT2D eigenvalue weighted by molar-refractivity contribution is 0.0427. The van der Waals surface area contributed by atoms with Crippen LogP contribution in [-0.2, 0) is 21.1 Å². The minimum atomic E-state index is -3.44. The molecular weight excluding hydrogens is 514 g/mol. The van der Waals surface area contributed by atoms with Gasteiger partial charge in [-0.25, -0.2) is 18.4 Å². The Morgan fingerprint density at radius 1 is 1.13 bits per heavy atom. The average Bonchev–Trinajstić information content (AvgIpc) is 3.47. The van der Waals surface area contributed by atoms with Gasteiger partial charge in [0, 0.05) is 50.6 Å². The van der Waals surface area contributed by atoms with Crippen LogP contribution in [0.1, 0.15) is 76.2 Å². The number of ether oxygens (including phenoxy) is 1. The summed E-state index contributed by atoms with van der Waals surface area (Å²) < 4.78 is 33.7. The molecule has 3 heterocycles. The molecule has 2 aromatic heterocycles. The number of nitrogens with one attached hydrogen (secondary N) is 1. The Morgan fingerprint density at radius 2 is 1.79 bits per heavy atom. The number of benzene rings is 1. The van der Waals surface area contributed by atoms with Crippen LogP contribution >= 0.6 is 0 Å². The van der Waals surface area contributed by atoms with E-state index in [4.69, 9.17) is 4.74 Å². The Hall–Kier alpha value is -2.82. The molecule has 1 amide bonds. The largest absolute Gasteiger partial charge is 0.381 e. The lowest BCUT2D eigenvalue weighted by Crippen LogP contribution is -2.38. The summed E-state index contributed by atoms with van der Waals surface area (Å²) in [6.45, 7) is 12.5. The van der Waals surface area contributed by atoms with Crippen LogP contribution in [0.15, 0.2) is 53.9 Å². The van der Waals surface area contributed by atoms with E-state index in [0.717, 1.165) is 38.2 Å². The van der Waals surface area contributed by atoms with Crippen molar-refractivity contribution in [3.8, 4) is 0 Å². The number of carbonyl (C=O) groups excluding carboxylic acids is 1. The van der Waals surface area contributed by atoms with E-state index in [0.29, 0.717) is 35.1 Å². The minimum absolute atomic E-state index is 0.260. The van der Waals surface area contributed by atoms with Gasteiger partial charge in [-0.2, -0.15) is 0 Å². The van der Waals surface area contributed by atoms with E-state index in [1.54, 1.807) is 47.3 Å². The molecule has 0 bridgehead atoms. The van der Waals surface area contributed by atoms with Crippen molar-refractivity contribution < 1.29 is 17.9 Å². The minimum Gasteiger partial charge on any atom is -0.381 e. The van der Waals surface area contributed by atoms with Crippen molar-refractivity contribution in [2.75, 3.05) is 26.8 Å². The van der Waals surface area contributed by atoms with Crippen LogP contribution in [0.5, 0.6) is 0 Å². The molecule has 216 valence electrons. The smallest absolute Gasteiger partial charge is 0.254 e. The van der Waals surface area contributed by atoms with Gasteiger partial charge in [-0.15, -0.1) is 0 Å². The highest BCUT2D eigenvalue weighted by Gasteiger charge is 2.27. The monoisotopic (exact) mass is 559 g/mol. The Balaban J connectivity index is 0.00000127. The predicted octanol–water partition coefficient (Wildman–Crippen LogP) is 4.76. The third kappa shape index (κ3) is 8.84. The molecule has 39 heavy (non-hydrogen) atoms. The third-order valence-corrected chi connectivity index (χ3v) is 9.10. The van der Waals surface area contributed by atoms with Crippen LogP contribution in [-0.4, -0.2) is 71.7 Å². The van der Waals surface area contributed by atoms with Gasteiger partial charge >= 0.3 is 0 Å². The van der Waals surface area contributed by atoms with Gasteiger partial charge in [-0.1, -0.05) is 46.8 Å². The van der Waals surface area contributed by atoms with Gasteiger partial charge in [-0.05, 0) is 57.0 Å². The number of hydrogen-bond acceptors (Lipinski definition) is 7. The van der Waals surface area contributed by atoms with Crippen LogP contribution in [0, 0.1) is 0 Å². The van der Waals surface area contributed by atoms with E-state index in [9.17, 15) is 13.2 Å². The summed E-state index contributed by atoms with van der Waals surface area (Å²) in [7, 11) is -1.37. The molecule has 1 aliphatic heterocycles. The molecule has 0 aliphatic carbocycles. The van der Waals surface area contributed by atoms with Crippen molar-refractivity contribution in [2.45, 2.75) is 83.0 Å². The highest BCUT2D eigenvalue weighted by molar-refractivity contribution is 7.92. The van der Waals surface area contributed by atoms with Crippen LogP contribution in [0.4, 0.5) is 0 Å². The molecule has 9 nitrogen and oxygen atoms in total. The Bertz CT molecular complexity index is 1240. The molecule has 1 fully saturated rings. The maximum absolute atomic E-state index is 13.3. The summed E-state index contributed by atoms with van der Waals surface area (Å²) in [5.74, 6) is 0.267. The molecule has 1 saturated heterocycles. The average molecular weight is 560 g/mol. The van der Waals surface area contributed by atoms with Gasteiger partial charge in [0.05, 0.1) is 15.7 Å². The van der Waals surface area contributed by atoms with Crippen molar-refractivity contribution in [3.05, 3.63) is 60.2 Å². The molecule has 4 rings (SSSR count). The molecule has 1 aromatic carbocycles. The number of imidazole rings is 1. The van der Waals surface area contributed by atoms with E-state index in [-0.39, 0.29) is 12.5 Å². The second kappa shape index (κ2) is 16.3. The molecule has 1 unspecified atom stereocenters. The third-order valence-electron chi connectivity index (χ3n) is 6.72. The number of fused-ring (bicyclic) bond motifs is 1. The zero-order valence-corrected chi connectivity index (χ0v) is 25.1. The Morgan fingerprint density at radius 3 is 2.44 bits per heavy atom. The highest BCUT2D eigenvalue weighted by atomic mass is 32.2. The molecule has 10 heteroatoms. The fourth-order valence-corrected chi connectivity index (χ4v) is 6.20. The quantitative estimate of drug-likeness (QED) is 0.382. The topological polar surface area (TPSA) is 106 Å². The summed E-state index contributed by atoms with van der Waals surface area (Å²) in [5, 5.41) is 2.42. The van der Waals surface area contributed by atoms with E-state index in [2.05, 4.69) is 27.2 Å². The number of rotatable bonds is 10. The first-order valence-corrected chi connectivity index (χ1v) is 15.6. The molecule has 1 atom stereocenters. The maximum Gasteiger partial charge on any atom is 0.254 e. The number of hydrogen-bond donors (Lipinski definition) is 1. The van der Waals surface area contributed by atoms with Crippen molar-refractivity contribution >= 4 is 21.5 Å². The second-order valence-electron chi connectivity index (χ2n) is 8.99. The molecule has 1 N–H and O–H groups in total. The summed E-state index contributed by atoms with van der Waals surface area (Å²) in [6.07, 6.45) is 9.65. The standard InChI is InChI=1S/C25H33N5O4S.2C2H6/c1-3-22(8-12-29(2)21-9-14-34-15-10-21)35(32,33)23-6-4-19(5-7-23)16-27-24(31)20-17-28-25-26-11-13-30(25)18-20;2*1-2/h4-7,11,13,17-18,21-22H,3,8-10,12,14-16H2,1-2H3,(H,27,31);2*1-2H3. The first-order valence-electron chi connectivity index (χ1n) is 14.1. The van der Waals surface area contributed by atoms with Gasteiger partial charge in [-0.3, -0.25) is 9.20 Å². The summed E-state index contributed by atoms with van der Waals surface area (Å²) >= 11 is 0. The number of sulfone groups is 1. The fraction of sp³-hybridized carbons (Fsp3) is 0.552. The molecule has 0 radical (unpaired) electrons. The molecule has 1 aliphatic rings. The van der Waals surface area contributed by atoms with Crippen LogP contribution < -0.4 is 5.32 Å². The lowest BCUT2D eigenvalue weighted by Gasteiger charge is -2.32. The van der Waals surface area contributed by atoms with E-state index >= 15 is 0 Å². The first kappa shape index (κ1) is 32.4. The number of amides is 1. The molecule has 0 saturated carbocycles. The zero-order valence-electron chi connectivity index (χ0n) is 24.3. The van der Waals surface area contributed by atoms with Gasteiger partial charge in [0.2, 0.25) is 5.78 Å². The Labute approximate surface area is 233 Å². The molecular formula is C29H45N5O4S. The van der Waals surface area contributed by atoms with Crippen LogP contribution in [0.2, 0.25) is 0 Å². The van der Waals surface area contributed by atoms with E-state index in [1.165, 1.54) is 6.20 Å². The van der Waals surface area contributed by atoms with Crippen molar-refractivity contribution in [3.63, 3.8) is 0 Å². The highest BCUT2D eigenvalue weighted by Crippen LogP contribution is 2.23. The van der Waals surface area contributed by atoms with Crippen molar-refractivity contribution in [1.82, 2.24) is 24.6 Å². The van der Waals surface area contributed by atoms with Crippen molar-refractivity contribution in [2.24, 2.45) is 0 Å². The van der Waals surface area contributed by atoms with Gasteiger partial charge in [0.15, 0.2) is 9.84 Å². The SMILES string of the molecule is CC.CC.CCC(CCN(C)C1CCOCC1)S(=O)(=O)c1ccc(CNC(=O)c2cnc3nccn3c2)cc1. The normalized spacial score (nSPS) is 14.6. The van der Waals surface area contributed by atoms with Crippen molar-refractivity contribution in [1.29, 1.82) is 0 Å². The fourth-order valence-electron chi connectivity index (χ4n) is 4.44. The van der Waals surface area contributed by atoms with Gasteiger partial charge in [0.25, 0.3) is 5.91 Å². The number of aromatic nitrogens is 3. The molecule has 0 spiro atoms. The summed E-state index contributed by atoms with van der Waals surface area (Å²) in [6, 6.07) is 7.24. The number of carbonyl (C=O) groups is 1. The maximum atomic E-state index is 13.3. The van der Waals surface area contributed by atoms with Crippen LogP contribution in [0.25, 0.3) is 5.78 Å². The second-order valence-corrected chi connectivity index (χ2v) is 11.2. The first-order chi connectivity index (χ1) is 18.9. The Kier molecular flexibility index (Phi) is 13.6. The van der Waals surface area contributed by atoms with Gasteiger partial charge < -0.3 is 15.0 Å². The van der Waals surface area contributed by atoms with E-state index < -0.39 is 15.1 Å². The number of nitrogens with zero attached hydrogens (tertiary/aromatic N) is 4. The zero-order chi connectivity index (χ0) is 28.8. The van der Waals surface area contributed by atoms with Gasteiger partial charge in [0.1, 0.15) is 0 Å². The molecule has 3 aromatic rings. The summed E-state index contributed by atoms with van der Waals surface area (Å²) in [5.41, 5.74) is 1.24. The van der Waals surface area contributed by atoms with Crippen LogP contribution in [0.3, 0.4) is 0 Å². The predicted molar refractivity (Wildman–Crippen MR) is 156 cm³/mol. The summed E-state index contributed by atoms with van der Waals surface area (Å²) in [4.78, 5) is 23.3.